The quantitative estimate of drug-likeness (QED) is 0.624. The van der Waals surface area contributed by atoms with Gasteiger partial charge >= 0.3 is 6.09 Å². The topological polar surface area (TPSA) is 127 Å². The van der Waals surface area contributed by atoms with Crippen molar-refractivity contribution in [1.29, 1.82) is 5.26 Å². The molecule has 1 amide bonds. The Morgan fingerprint density at radius 2 is 1.97 bits per heavy atom. The number of fused-ring (bicyclic) bond motifs is 3. The molecular formula is C23H22N6O4. The number of aliphatic hydroxyl groups excluding tert-OH is 1. The summed E-state index contributed by atoms with van der Waals surface area (Å²) >= 11 is 0. The Kier molecular flexibility index (Phi) is 4.41. The molecule has 3 aliphatic heterocycles. The van der Waals surface area contributed by atoms with Gasteiger partial charge in [0, 0.05) is 43.3 Å². The van der Waals surface area contributed by atoms with Crippen LogP contribution in [0.5, 0.6) is 5.75 Å². The first kappa shape index (κ1) is 19.8. The zero-order chi connectivity index (χ0) is 22.7. The molecule has 2 atom stereocenters. The van der Waals surface area contributed by atoms with Gasteiger partial charge in [-0.1, -0.05) is 0 Å². The van der Waals surface area contributed by atoms with Crippen LogP contribution in [-0.4, -0.2) is 73.2 Å². The summed E-state index contributed by atoms with van der Waals surface area (Å²) in [6, 6.07) is 8.01. The van der Waals surface area contributed by atoms with Crippen molar-refractivity contribution in [2.75, 3.05) is 18.0 Å². The van der Waals surface area contributed by atoms with Crippen LogP contribution in [0.3, 0.4) is 0 Å². The van der Waals surface area contributed by atoms with Gasteiger partial charge in [-0.3, -0.25) is 4.90 Å². The standard InChI is InChI=1S/C23H22N6O4/c24-7-14-9-26-28-12-19(33-18-4-17(30)5-18)6-20(22(14)28)13-1-2-21(25-8-13)27-10-15-3-16(11-27)29(15)23(31)32/h1-2,6,8-9,12,15-18,30H,3-5,10-11H2,(H,31,32). The number of piperidine rings is 1. The van der Waals surface area contributed by atoms with Gasteiger partial charge in [0.25, 0.3) is 0 Å². The van der Waals surface area contributed by atoms with E-state index in [9.17, 15) is 20.3 Å². The maximum Gasteiger partial charge on any atom is 0.407 e. The first-order valence-electron chi connectivity index (χ1n) is 11.0. The minimum atomic E-state index is -0.851. The number of anilines is 1. The molecule has 3 saturated heterocycles. The third-order valence-corrected chi connectivity index (χ3v) is 6.88. The van der Waals surface area contributed by atoms with Crippen molar-refractivity contribution in [3.63, 3.8) is 0 Å². The number of piperazine rings is 1. The lowest BCUT2D eigenvalue weighted by Gasteiger charge is -2.55. The third kappa shape index (κ3) is 3.24. The zero-order valence-electron chi connectivity index (χ0n) is 17.7. The van der Waals surface area contributed by atoms with E-state index in [1.807, 2.05) is 18.2 Å². The second kappa shape index (κ2) is 7.35. The predicted molar refractivity (Wildman–Crippen MR) is 117 cm³/mol. The fourth-order valence-corrected chi connectivity index (χ4v) is 5.13. The molecule has 4 aliphatic rings. The lowest BCUT2D eigenvalue weighted by Crippen LogP contribution is -2.70. The molecule has 10 heteroatoms. The number of hydrogen-bond donors (Lipinski definition) is 2. The highest BCUT2D eigenvalue weighted by molar-refractivity contribution is 5.85. The van der Waals surface area contributed by atoms with Crippen LogP contribution in [0, 0.1) is 11.3 Å². The first-order chi connectivity index (χ1) is 16.0. The molecule has 33 heavy (non-hydrogen) atoms. The maximum atomic E-state index is 11.3. The summed E-state index contributed by atoms with van der Waals surface area (Å²) in [4.78, 5) is 19.7. The van der Waals surface area contributed by atoms with Crippen LogP contribution >= 0.6 is 0 Å². The van der Waals surface area contributed by atoms with Crippen LogP contribution in [0.1, 0.15) is 24.8 Å². The van der Waals surface area contributed by atoms with Crippen LogP contribution in [-0.2, 0) is 0 Å². The Labute approximate surface area is 189 Å². The van der Waals surface area contributed by atoms with Crippen molar-refractivity contribution in [3.05, 3.63) is 42.4 Å². The van der Waals surface area contributed by atoms with Gasteiger partial charge in [0.2, 0.25) is 0 Å². The van der Waals surface area contributed by atoms with Gasteiger partial charge in [0.15, 0.2) is 0 Å². The normalized spacial score (nSPS) is 25.8. The highest BCUT2D eigenvalue weighted by atomic mass is 16.5. The number of carbonyl (C=O) groups is 1. The van der Waals surface area contributed by atoms with Gasteiger partial charge in [-0.25, -0.2) is 14.3 Å². The van der Waals surface area contributed by atoms with Crippen LogP contribution < -0.4 is 9.64 Å². The first-order valence-corrected chi connectivity index (χ1v) is 11.0. The van der Waals surface area contributed by atoms with E-state index in [2.05, 4.69) is 21.1 Å². The maximum absolute atomic E-state index is 11.3. The molecular weight excluding hydrogens is 424 g/mol. The molecule has 0 spiro atoms. The molecule has 1 saturated carbocycles. The third-order valence-electron chi connectivity index (χ3n) is 6.88. The van der Waals surface area contributed by atoms with E-state index in [0.29, 0.717) is 42.8 Å². The largest absolute Gasteiger partial charge is 0.489 e. The minimum Gasteiger partial charge on any atom is -0.489 e. The summed E-state index contributed by atoms with van der Waals surface area (Å²) in [5.41, 5.74) is 2.77. The Hall–Kier alpha value is -3.84. The molecule has 0 aromatic carbocycles. The molecule has 0 radical (unpaired) electrons. The van der Waals surface area contributed by atoms with Gasteiger partial charge in [0.1, 0.15) is 23.7 Å². The number of ether oxygens (including phenoxy) is 1. The van der Waals surface area contributed by atoms with Crippen molar-refractivity contribution in [1.82, 2.24) is 19.5 Å². The number of aliphatic hydroxyl groups is 1. The Bertz CT molecular complexity index is 1260. The summed E-state index contributed by atoms with van der Waals surface area (Å²) in [5, 5.41) is 32.7. The number of pyridine rings is 2. The molecule has 3 aromatic heterocycles. The Morgan fingerprint density at radius 1 is 1.18 bits per heavy atom. The predicted octanol–water partition coefficient (Wildman–Crippen LogP) is 2.11. The smallest absolute Gasteiger partial charge is 0.407 e. The summed E-state index contributed by atoms with van der Waals surface area (Å²) in [6.07, 6.45) is 5.96. The summed E-state index contributed by atoms with van der Waals surface area (Å²) in [7, 11) is 0. The van der Waals surface area contributed by atoms with E-state index >= 15 is 0 Å². The van der Waals surface area contributed by atoms with Gasteiger partial charge in [-0.2, -0.15) is 10.4 Å². The van der Waals surface area contributed by atoms with Gasteiger partial charge in [0.05, 0.1) is 41.7 Å². The number of hydrogen-bond acceptors (Lipinski definition) is 7. The molecule has 2 unspecified atom stereocenters. The average Bonchev–Trinajstić information content (AvgIpc) is 3.20. The molecule has 168 valence electrons. The number of rotatable bonds is 4. The average molecular weight is 446 g/mol. The number of nitriles is 1. The van der Waals surface area contributed by atoms with Crippen molar-refractivity contribution in [2.24, 2.45) is 0 Å². The van der Waals surface area contributed by atoms with Crippen molar-refractivity contribution in [3.8, 4) is 22.9 Å². The molecule has 1 aliphatic carbocycles. The Morgan fingerprint density at radius 3 is 2.61 bits per heavy atom. The van der Waals surface area contributed by atoms with Crippen LogP contribution in [0.2, 0.25) is 0 Å². The molecule has 6 heterocycles. The fraction of sp³-hybridized carbons (Fsp3) is 0.391. The highest BCUT2D eigenvalue weighted by Gasteiger charge is 2.47. The van der Waals surface area contributed by atoms with Crippen molar-refractivity contribution < 1.29 is 19.7 Å². The van der Waals surface area contributed by atoms with Crippen molar-refractivity contribution in [2.45, 2.75) is 43.6 Å². The molecule has 10 nitrogen and oxygen atoms in total. The second-order valence-electron chi connectivity index (χ2n) is 8.96. The molecule has 4 fully saturated rings. The highest BCUT2D eigenvalue weighted by Crippen LogP contribution is 2.36. The van der Waals surface area contributed by atoms with E-state index < -0.39 is 6.09 Å². The van der Waals surface area contributed by atoms with Crippen LogP contribution in [0.25, 0.3) is 16.6 Å². The second-order valence-corrected chi connectivity index (χ2v) is 8.96. The van der Waals surface area contributed by atoms with E-state index in [1.54, 1.807) is 16.9 Å². The SMILES string of the molecule is N#Cc1cnn2cc(OC3CC(O)C3)cc(-c3ccc(N4CC5CC(C4)N5C(=O)O)nc3)c12. The molecule has 2 bridgehead atoms. The number of carboxylic acid groups (broad SMARTS) is 1. The number of aromatic nitrogens is 3. The van der Waals surface area contributed by atoms with E-state index in [4.69, 9.17) is 4.74 Å². The fourth-order valence-electron chi connectivity index (χ4n) is 5.13. The van der Waals surface area contributed by atoms with Gasteiger partial charge < -0.3 is 19.8 Å². The van der Waals surface area contributed by atoms with Gasteiger partial charge in [-0.15, -0.1) is 0 Å². The molecule has 2 N–H and O–H groups in total. The Balaban J connectivity index is 1.30. The van der Waals surface area contributed by atoms with Gasteiger partial charge in [-0.05, 0) is 24.6 Å². The molecule has 3 aromatic rings. The summed E-state index contributed by atoms with van der Waals surface area (Å²) in [6.45, 7) is 1.27. The van der Waals surface area contributed by atoms with E-state index in [0.717, 1.165) is 23.4 Å². The van der Waals surface area contributed by atoms with E-state index in [-0.39, 0.29) is 24.3 Å². The zero-order valence-corrected chi connectivity index (χ0v) is 17.7. The number of nitrogens with zero attached hydrogens (tertiary/aromatic N) is 6. The summed E-state index contributed by atoms with van der Waals surface area (Å²) < 4.78 is 7.66. The number of amides is 1. The van der Waals surface area contributed by atoms with Crippen LogP contribution in [0.4, 0.5) is 10.6 Å². The minimum absolute atomic E-state index is 0.0196. The lowest BCUT2D eigenvalue weighted by molar-refractivity contribution is -0.0109. The molecule has 7 rings (SSSR count). The summed E-state index contributed by atoms with van der Waals surface area (Å²) in [5.74, 6) is 1.43. The monoisotopic (exact) mass is 446 g/mol. The van der Waals surface area contributed by atoms with Crippen LogP contribution in [0.15, 0.2) is 36.8 Å². The van der Waals surface area contributed by atoms with E-state index in [1.165, 1.54) is 11.1 Å². The lowest BCUT2D eigenvalue weighted by atomic mass is 9.88. The van der Waals surface area contributed by atoms with Crippen molar-refractivity contribution >= 4 is 17.4 Å².